The number of tetrazole rings is 1. The Hall–Kier alpha value is -2.61. The summed E-state index contributed by atoms with van der Waals surface area (Å²) in [6.07, 6.45) is 3.72. The molecule has 0 fully saturated rings. The van der Waals surface area contributed by atoms with Crippen molar-refractivity contribution in [3.63, 3.8) is 0 Å². The Morgan fingerprint density at radius 3 is 3.05 bits per heavy atom. The number of pyridine rings is 1. The van der Waals surface area contributed by atoms with Gasteiger partial charge in [-0.1, -0.05) is 13.3 Å². The van der Waals surface area contributed by atoms with E-state index in [1.165, 1.54) is 9.28 Å². The topological polar surface area (TPSA) is 88.8 Å². The quantitative estimate of drug-likeness (QED) is 0.625. The number of hydrogen-bond donors (Lipinski definition) is 1. The molecule has 0 bridgehead atoms. The van der Waals surface area contributed by atoms with Gasteiger partial charge in [0, 0.05) is 16.6 Å². The first-order chi connectivity index (χ1) is 10.8. The third-order valence-corrected chi connectivity index (χ3v) is 4.54. The molecule has 0 aliphatic rings. The van der Waals surface area contributed by atoms with Crippen molar-refractivity contribution in [2.45, 2.75) is 19.8 Å². The van der Waals surface area contributed by atoms with Crippen LogP contribution in [0.2, 0.25) is 0 Å². The molecular formula is C14H12N6OS. The van der Waals surface area contributed by atoms with Crippen LogP contribution in [0.15, 0.2) is 29.2 Å². The van der Waals surface area contributed by atoms with Crippen LogP contribution < -0.4 is 5.56 Å². The van der Waals surface area contributed by atoms with E-state index in [4.69, 9.17) is 0 Å². The molecule has 0 aromatic carbocycles. The van der Waals surface area contributed by atoms with Gasteiger partial charge in [-0.25, -0.2) is 4.98 Å². The van der Waals surface area contributed by atoms with E-state index in [-0.39, 0.29) is 5.56 Å². The fourth-order valence-corrected chi connectivity index (χ4v) is 3.56. The lowest BCUT2D eigenvalue weighted by molar-refractivity contribution is 0.881. The van der Waals surface area contributed by atoms with Crippen molar-refractivity contribution in [2.75, 3.05) is 0 Å². The van der Waals surface area contributed by atoms with Gasteiger partial charge in [0.25, 0.3) is 5.56 Å². The summed E-state index contributed by atoms with van der Waals surface area (Å²) in [5.41, 5.74) is 1.27. The number of nitrogens with zero attached hydrogens (tertiary/aromatic N) is 5. The molecule has 0 amide bonds. The Bertz CT molecular complexity index is 1020. The Morgan fingerprint density at radius 1 is 1.36 bits per heavy atom. The number of aromatic amines is 1. The second-order valence-electron chi connectivity index (χ2n) is 4.98. The van der Waals surface area contributed by atoms with Crippen molar-refractivity contribution in [2.24, 2.45) is 0 Å². The maximum Gasteiger partial charge on any atom is 0.266 e. The highest BCUT2D eigenvalue weighted by molar-refractivity contribution is 7.18. The van der Waals surface area contributed by atoms with Crippen LogP contribution in [0.4, 0.5) is 0 Å². The first-order valence-electron chi connectivity index (χ1n) is 6.95. The summed E-state index contributed by atoms with van der Waals surface area (Å²) in [7, 11) is 0. The number of thiophene rings is 1. The van der Waals surface area contributed by atoms with Crippen molar-refractivity contribution in [1.29, 1.82) is 0 Å². The van der Waals surface area contributed by atoms with E-state index in [1.807, 2.05) is 12.1 Å². The third kappa shape index (κ3) is 2.00. The summed E-state index contributed by atoms with van der Waals surface area (Å²) < 4.78 is 1.54. The number of hydrogen-bond acceptors (Lipinski definition) is 6. The zero-order chi connectivity index (χ0) is 15.1. The van der Waals surface area contributed by atoms with Crippen LogP contribution in [0, 0.1) is 0 Å². The van der Waals surface area contributed by atoms with E-state index in [2.05, 4.69) is 32.5 Å². The highest BCUT2D eigenvalue weighted by Gasteiger charge is 2.11. The molecule has 0 saturated heterocycles. The van der Waals surface area contributed by atoms with Gasteiger partial charge in [-0.2, -0.15) is 5.21 Å². The predicted molar refractivity (Wildman–Crippen MR) is 84.0 cm³/mol. The SMILES string of the molecule is CCCc1cc2c(=O)n3cc(-c4nn[nH]n4)ccc3nc2s1. The van der Waals surface area contributed by atoms with Crippen LogP contribution in [0.3, 0.4) is 0 Å². The standard InChI is InChI=1S/C14H12N6OS/c1-2-3-9-6-10-13(22-9)15-11-5-4-8(7-20(11)14(10)21)12-16-18-19-17-12/h4-7H,2-3H2,1H3,(H,16,17,18,19). The molecule has 0 atom stereocenters. The number of rotatable bonds is 3. The lowest BCUT2D eigenvalue weighted by atomic mass is 10.2. The highest BCUT2D eigenvalue weighted by Crippen LogP contribution is 2.23. The van der Waals surface area contributed by atoms with Crippen LogP contribution >= 0.6 is 11.3 Å². The van der Waals surface area contributed by atoms with Crippen LogP contribution in [-0.4, -0.2) is 30.0 Å². The molecule has 0 unspecified atom stereocenters. The van der Waals surface area contributed by atoms with Crippen molar-refractivity contribution < 1.29 is 0 Å². The van der Waals surface area contributed by atoms with Gasteiger partial charge in [0.15, 0.2) is 0 Å². The van der Waals surface area contributed by atoms with E-state index in [9.17, 15) is 4.79 Å². The molecule has 0 aliphatic carbocycles. The number of H-pyrrole nitrogens is 1. The molecule has 4 heterocycles. The minimum Gasteiger partial charge on any atom is -0.268 e. The van der Waals surface area contributed by atoms with Gasteiger partial charge in [0.1, 0.15) is 10.5 Å². The summed E-state index contributed by atoms with van der Waals surface area (Å²) in [5.74, 6) is 0.450. The number of nitrogens with one attached hydrogen (secondary N) is 1. The minimum absolute atomic E-state index is 0.0658. The molecule has 4 aromatic rings. The summed E-state index contributed by atoms with van der Waals surface area (Å²) in [6.45, 7) is 2.12. The van der Waals surface area contributed by atoms with Gasteiger partial charge in [-0.3, -0.25) is 9.20 Å². The largest absolute Gasteiger partial charge is 0.268 e. The average molecular weight is 312 g/mol. The highest BCUT2D eigenvalue weighted by atomic mass is 32.1. The van der Waals surface area contributed by atoms with Gasteiger partial charge in [-0.05, 0) is 29.8 Å². The summed E-state index contributed by atoms with van der Waals surface area (Å²) >= 11 is 1.59. The molecule has 7 nitrogen and oxygen atoms in total. The van der Waals surface area contributed by atoms with Crippen LogP contribution in [0.25, 0.3) is 27.3 Å². The monoisotopic (exact) mass is 312 g/mol. The Labute approximate surface area is 128 Å². The summed E-state index contributed by atoms with van der Waals surface area (Å²) in [4.78, 5) is 19.3. The van der Waals surface area contributed by atoms with Crippen LogP contribution in [0.1, 0.15) is 18.2 Å². The second kappa shape index (κ2) is 4.99. The summed E-state index contributed by atoms with van der Waals surface area (Å²) in [5, 5.41) is 14.5. The van der Waals surface area contributed by atoms with E-state index >= 15 is 0 Å². The average Bonchev–Trinajstić information content (AvgIpc) is 3.17. The summed E-state index contributed by atoms with van der Waals surface area (Å²) in [6, 6.07) is 5.58. The first-order valence-corrected chi connectivity index (χ1v) is 7.76. The maximum absolute atomic E-state index is 12.7. The third-order valence-electron chi connectivity index (χ3n) is 3.46. The molecule has 4 aromatic heterocycles. The molecule has 110 valence electrons. The van der Waals surface area contributed by atoms with Crippen molar-refractivity contribution in [3.05, 3.63) is 39.6 Å². The Balaban J connectivity index is 1.98. The molecule has 1 N–H and O–H groups in total. The lowest BCUT2D eigenvalue weighted by Gasteiger charge is -2.02. The van der Waals surface area contributed by atoms with E-state index in [0.29, 0.717) is 22.4 Å². The molecule has 0 saturated carbocycles. The normalized spacial score (nSPS) is 11.5. The molecule has 8 heteroatoms. The lowest BCUT2D eigenvalue weighted by Crippen LogP contribution is -2.14. The molecule has 0 radical (unpaired) electrons. The van der Waals surface area contributed by atoms with E-state index < -0.39 is 0 Å². The smallest absolute Gasteiger partial charge is 0.266 e. The fraction of sp³-hybridized carbons (Fsp3) is 0.214. The van der Waals surface area contributed by atoms with Crippen molar-refractivity contribution >= 4 is 27.2 Å². The van der Waals surface area contributed by atoms with Crippen molar-refractivity contribution in [3.8, 4) is 11.4 Å². The zero-order valence-corrected chi connectivity index (χ0v) is 12.6. The Morgan fingerprint density at radius 2 is 2.27 bits per heavy atom. The Kier molecular flexibility index (Phi) is 2.97. The predicted octanol–water partition coefficient (Wildman–Crippen LogP) is 2.04. The van der Waals surface area contributed by atoms with Gasteiger partial charge >= 0.3 is 0 Å². The fourth-order valence-electron chi connectivity index (χ4n) is 2.43. The molecular weight excluding hydrogens is 300 g/mol. The van der Waals surface area contributed by atoms with E-state index in [0.717, 1.165) is 17.7 Å². The van der Waals surface area contributed by atoms with Crippen molar-refractivity contribution in [1.82, 2.24) is 30.0 Å². The van der Waals surface area contributed by atoms with Gasteiger partial charge in [0.05, 0.1) is 5.39 Å². The minimum atomic E-state index is -0.0658. The van der Waals surface area contributed by atoms with Crippen LogP contribution in [-0.2, 0) is 6.42 Å². The zero-order valence-electron chi connectivity index (χ0n) is 11.8. The van der Waals surface area contributed by atoms with Gasteiger partial charge in [-0.15, -0.1) is 21.5 Å². The number of aryl methyl sites for hydroxylation is 1. The number of aromatic nitrogens is 6. The van der Waals surface area contributed by atoms with Crippen LogP contribution in [0.5, 0.6) is 0 Å². The molecule has 0 aliphatic heterocycles. The molecule has 22 heavy (non-hydrogen) atoms. The molecule has 0 spiro atoms. The molecule has 4 rings (SSSR count). The van der Waals surface area contributed by atoms with Gasteiger partial charge < -0.3 is 0 Å². The van der Waals surface area contributed by atoms with E-state index in [1.54, 1.807) is 23.6 Å². The van der Waals surface area contributed by atoms with Gasteiger partial charge in [0.2, 0.25) is 5.82 Å². The second-order valence-corrected chi connectivity index (χ2v) is 6.10. The number of fused-ring (bicyclic) bond motifs is 2. The first kappa shape index (κ1) is 13.1. The maximum atomic E-state index is 12.7.